The van der Waals surface area contributed by atoms with Gasteiger partial charge in [0.2, 0.25) is 0 Å². The first-order chi connectivity index (χ1) is 18.5. The molecule has 7 heteroatoms. The molecule has 1 saturated carbocycles. The SMILES string of the molecule is CC1CC(n2cnc3cccnc32)CCN1CC1CN(C2(CC(=O)O)CCCCC2)CC1c1ccccc1. The van der Waals surface area contributed by atoms with Crippen LogP contribution in [0.15, 0.2) is 55.0 Å². The molecule has 38 heavy (non-hydrogen) atoms. The third kappa shape index (κ3) is 4.98. The van der Waals surface area contributed by atoms with E-state index in [0.29, 0.717) is 23.9 Å². The maximum absolute atomic E-state index is 12.0. The van der Waals surface area contributed by atoms with Gasteiger partial charge in [0.25, 0.3) is 0 Å². The Bertz CT molecular complexity index is 1240. The molecule has 3 aliphatic rings. The van der Waals surface area contributed by atoms with Crippen molar-refractivity contribution >= 4 is 17.1 Å². The quantitative estimate of drug-likeness (QED) is 0.457. The Balaban J connectivity index is 1.20. The summed E-state index contributed by atoms with van der Waals surface area (Å²) in [4.78, 5) is 26.5. The molecule has 0 radical (unpaired) electrons. The zero-order chi connectivity index (χ0) is 26.1. The van der Waals surface area contributed by atoms with Crippen LogP contribution in [0.25, 0.3) is 11.2 Å². The van der Waals surface area contributed by atoms with Gasteiger partial charge in [-0.05, 0) is 56.2 Å². The number of piperidine rings is 1. The molecule has 2 saturated heterocycles. The number of benzene rings is 1. The molecular formula is C31H41N5O2. The number of nitrogens with zero attached hydrogens (tertiary/aromatic N) is 5. The first-order valence-electron chi connectivity index (χ1n) is 14.6. The van der Waals surface area contributed by atoms with E-state index in [1.54, 1.807) is 0 Å². The second kappa shape index (κ2) is 10.8. The first-order valence-corrected chi connectivity index (χ1v) is 14.6. The normalized spacial score (nSPS) is 28.6. The molecule has 202 valence electrons. The lowest BCUT2D eigenvalue weighted by Gasteiger charge is -2.44. The van der Waals surface area contributed by atoms with Crippen LogP contribution < -0.4 is 0 Å². The molecule has 0 bridgehead atoms. The molecule has 4 atom stereocenters. The van der Waals surface area contributed by atoms with Crippen LogP contribution in [-0.2, 0) is 4.79 Å². The van der Waals surface area contributed by atoms with Crippen LogP contribution >= 0.6 is 0 Å². The number of hydrogen-bond acceptors (Lipinski definition) is 5. The van der Waals surface area contributed by atoms with Gasteiger partial charge >= 0.3 is 5.97 Å². The number of carboxylic acid groups (broad SMARTS) is 1. The van der Waals surface area contributed by atoms with E-state index < -0.39 is 5.97 Å². The Kier molecular flexibility index (Phi) is 7.23. The van der Waals surface area contributed by atoms with Crippen molar-refractivity contribution in [2.75, 3.05) is 26.2 Å². The number of carbonyl (C=O) groups is 1. The number of pyridine rings is 1. The van der Waals surface area contributed by atoms with E-state index in [1.165, 1.54) is 12.0 Å². The fraction of sp³-hybridized carbons (Fsp3) is 0.581. The Morgan fingerprint density at radius 2 is 1.87 bits per heavy atom. The molecule has 2 aromatic heterocycles. The number of aromatic nitrogens is 3. The molecular weight excluding hydrogens is 474 g/mol. The number of hydrogen-bond donors (Lipinski definition) is 1. The van der Waals surface area contributed by atoms with Crippen LogP contribution in [-0.4, -0.2) is 73.2 Å². The number of aliphatic carboxylic acids is 1. The summed E-state index contributed by atoms with van der Waals surface area (Å²) in [5, 5.41) is 9.86. The standard InChI is InChI=1S/C31H41N5O2/c1-23-17-26(36-22-33-28-11-8-15-32-30(28)36)12-16-34(23)19-25-20-35(21-27(25)24-9-4-2-5-10-24)31(18-29(37)38)13-6-3-7-14-31/h2,4-5,8-11,15,22-23,25-27H,3,6-7,12-14,16-21H2,1H3,(H,37,38). The van der Waals surface area contributed by atoms with Crippen molar-refractivity contribution in [3.8, 4) is 0 Å². The predicted molar refractivity (Wildman–Crippen MR) is 149 cm³/mol. The molecule has 3 aromatic rings. The molecule has 6 rings (SSSR count). The van der Waals surface area contributed by atoms with E-state index in [0.717, 1.165) is 75.9 Å². The van der Waals surface area contributed by atoms with Crippen molar-refractivity contribution in [3.63, 3.8) is 0 Å². The Hall–Kier alpha value is -2.77. The summed E-state index contributed by atoms with van der Waals surface area (Å²) in [5.74, 6) is 0.291. The molecule has 1 aliphatic carbocycles. The van der Waals surface area contributed by atoms with Crippen molar-refractivity contribution in [3.05, 3.63) is 60.6 Å². The molecule has 2 aliphatic heterocycles. The molecule has 1 aromatic carbocycles. The van der Waals surface area contributed by atoms with Crippen molar-refractivity contribution in [1.82, 2.24) is 24.3 Å². The van der Waals surface area contributed by atoms with E-state index in [1.807, 2.05) is 24.7 Å². The molecule has 7 nitrogen and oxygen atoms in total. The highest BCUT2D eigenvalue weighted by atomic mass is 16.4. The van der Waals surface area contributed by atoms with Crippen molar-refractivity contribution in [1.29, 1.82) is 0 Å². The average Bonchev–Trinajstić information content (AvgIpc) is 3.56. The summed E-state index contributed by atoms with van der Waals surface area (Å²) >= 11 is 0. The molecule has 0 amide bonds. The van der Waals surface area contributed by atoms with Gasteiger partial charge in [-0.1, -0.05) is 49.6 Å². The van der Waals surface area contributed by atoms with Crippen molar-refractivity contribution in [2.24, 2.45) is 5.92 Å². The second-order valence-corrected chi connectivity index (χ2v) is 12.1. The lowest BCUT2D eigenvalue weighted by atomic mass is 9.78. The summed E-state index contributed by atoms with van der Waals surface area (Å²) in [5.41, 5.74) is 3.18. The summed E-state index contributed by atoms with van der Waals surface area (Å²) < 4.78 is 2.28. The van der Waals surface area contributed by atoms with Crippen LogP contribution in [0.2, 0.25) is 0 Å². The predicted octanol–water partition coefficient (Wildman–Crippen LogP) is 5.35. The zero-order valence-corrected chi connectivity index (χ0v) is 22.6. The van der Waals surface area contributed by atoms with Gasteiger partial charge in [0.05, 0.1) is 12.7 Å². The monoisotopic (exact) mass is 515 g/mol. The van der Waals surface area contributed by atoms with Crippen LogP contribution in [0.4, 0.5) is 0 Å². The Morgan fingerprint density at radius 1 is 1.05 bits per heavy atom. The Morgan fingerprint density at radius 3 is 2.63 bits per heavy atom. The molecule has 3 fully saturated rings. The van der Waals surface area contributed by atoms with Crippen molar-refractivity contribution < 1.29 is 9.90 Å². The van der Waals surface area contributed by atoms with Crippen LogP contribution in [0.5, 0.6) is 0 Å². The van der Waals surface area contributed by atoms with Gasteiger partial charge in [-0.3, -0.25) is 9.69 Å². The second-order valence-electron chi connectivity index (χ2n) is 12.1. The van der Waals surface area contributed by atoms with Crippen LogP contribution in [0, 0.1) is 5.92 Å². The Labute approximate surface area is 225 Å². The van der Waals surface area contributed by atoms with E-state index in [2.05, 4.69) is 61.6 Å². The lowest BCUT2D eigenvalue weighted by Crippen LogP contribution is -2.51. The largest absolute Gasteiger partial charge is 0.481 e. The van der Waals surface area contributed by atoms with Gasteiger partial charge in [0.15, 0.2) is 5.65 Å². The van der Waals surface area contributed by atoms with Crippen LogP contribution in [0.3, 0.4) is 0 Å². The maximum Gasteiger partial charge on any atom is 0.305 e. The summed E-state index contributed by atoms with van der Waals surface area (Å²) in [6.45, 7) is 6.47. The van der Waals surface area contributed by atoms with E-state index in [9.17, 15) is 9.90 Å². The fourth-order valence-corrected chi connectivity index (χ4v) is 7.77. The number of rotatable bonds is 7. The molecule has 4 unspecified atom stereocenters. The maximum atomic E-state index is 12.0. The highest BCUT2D eigenvalue weighted by Crippen LogP contribution is 2.44. The summed E-state index contributed by atoms with van der Waals surface area (Å²) in [6, 6.07) is 15.8. The number of fused-ring (bicyclic) bond motifs is 1. The van der Waals surface area contributed by atoms with Gasteiger partial charge in [-0.25, -0.2) is 9.97 Å². The minimum Gasteiger partial charge on any atom is -0.481 e. The smallest absolute Gasteiger partial charge is 0.305 e. The highest BCUT2D eigenvalue weighted by Gasteiger charge is 2.47. The number of imidazole rings is 1. The third-order valence-corrected chi connectivity index (χ3v) is 9.78. The zero-order valence-electron chi connectivity index (χ0n) is 22.6. The third-order valence-electron chi connectivity index (χ3n) is 9.78. The van der Waals surface area contributed by atoms with Gasteiger partial charge in [-0.2, -0.15) is 0 Å². The minimum absolute atomic E-state index is 0.181. The fourth-order valence-electron chi connectivity index (χ4n) is 7.77. The first kappa shape index (κ1) is 25.5. The topological polar surface area (TPSA) is 74.5 Å². The minimum atomic E-state index is -0.649. The average molecular weight is 516 g/mol. The number of carboxylic acids is 1. The van der Waals surface area contributed by atoms with Crippen LogP contribution in [0.1, 0.15) is 75.8 Å². The van der Waals surface area contributed by atoms with Gasteiger partial charge in [0, 0.05) is 55.9 Å². The summed E-state index contributed by atoms with van der Waals surface area (Å²) in [7, 11) is 0. The summed E-state index contributed by atoms with van der Waals surface area (Å²) in [6.07, 6.45) is 11.9. The lowest BCUT2D eigenvalue weighted by molar-refractivity contribution is -0.141. The van der Waals surface area contributed by atoms with E-state index in [4.69, 9.17) is 0 Å². The molecule has 1 N–H and O–H groups in total. The highest BCUT2D eigenvalue weighted by molar-refractivity contribution is 5.70. The van der Waals surface area contributed by atoms with Gasteiger partial charge < -0.3 is 14.6 Å². The van der Waals surface area contributed by atoms with Gasteiger partial charge in [-0.15, -0.1) is 0 Å². The molecule has 0 spiro atoms. The van der Waals surface area contributed by atoms with Crippen molar-refractivity contribution in [2.45, 2.75) is 81.8 Å². The van der Waals surface area contributed by atoms with E-state index >= 15 is 0 Å². The van der Waals surface area contributed by atoms with Gasteiger partial charge in [0.1, 0.15) is 5.52 Å². The number of likely N-dealkylation sites (tertiary alicyclic amines) is 2. The molecule has 4 heterocycles. The van der Waals surface area contributed by atoms with E-state index in [-0.39, 0.29) is 12.0 Å².